The average molecular weight is 283 g/mol. The second-order valence-corrected chi connectivity index (χ2v) is 5.37. The Morgan fingerprint density at radius 3 is 2.35 bits per heavy atom. The first kappa shape index (κ1) is 14.6. The fourth-order valence-corrected chi connectivity index (χ4v) is 2.78. The van der Waals surface area contributed by atoms with E-state index in [9.17, 15) is 14.4 Å². The summed E-state index contributed by atoms with van der Waals surface area (Å²) in [6.45, 7) is 2.30. The van der Waals surface area contributed by atoms with E-state index in [2.05, 4.69) is 5.32 Å². The van der Waals surface area contributed by atoms with Gasteiger partial charge in [0.25, 0.3) is 0 Å². The highest BCUT2D eigenvalue weighted by atomic mass is 16.4. The Labute approximate surface area is 117 Å². The van der Waals surface area contributed by atoms with Gasteiger partial charge in [0.05, 0.1) is 5.92 Å². The summed E-state index contributed by atoms with van der Waals surface area (Å²) < 4.78 is 0. The number of carboxylic acids is 1. The van der Waals surface area contributed by atoms with Crippen molar-refractivity contribution in [3.05, 3.63) is 0 Å². The van der Waals surface area contributed by atoms with Crippen LogP contribution in [0.5, 0.6) is 0 Å². The van der Waals surface area contributed by atoms with Crippen molar-refractivity contribution < 1.29 is 19.5 Å². The molecule has 7 nitrogen and oxygen atoms in total. The molecule has 2 aliphatic rings. The van der Waals surface area contributed by atoms with Crippen molar-refractivity contribution in [1.82, 2.24) is 15.1 Å². The maximum atomic E-state index is 12.3. The minimum atomic E-state index is -1.06. The standard InChI is InChI=1S/C13H21N3O4/c17-11(18)8-14-12(19)10-4-3-7-16(9-10)13(20)15-5-1-2-6-15/h10H,1-9H2,(H,14,19)(H,17,18). The Hall–Kier alpha value is -1.79. The highest BCUT2D eigenvalue weighted by Gasteiger charge is 2.31. The highest BCUT2D eigenvalue weighted by Crippen LogP contribution is 2.19. The monoisotopic (exact) mass is 283 g/mol. The molecule has 2 fully saturated rings. The summed E-state index contributed by atoms with van der Waals surface area (Å²) in [7, 11) is 0. The molecule has 0 aromatic rings. The van der Waals surface area contributed by atoms with Crippen LogP contribution < -0.4 is 5.32 Å². The molecule has 2 N–H and O–H groups in total. The molecule has 0 aromatic heterocycles. The molecule has 0 aliphatic carbocycles. The van der Waals surface area contributed by atoms with Crippen LogP contribution in [0.4, 0.5) is 4.79 Å². The third kappa shape index (κ3) is 3.61. The normalized spacial score (nSPS) is 22.7. The largest absolute Gasteiger partial charge is 0.480 e. The zero-order chi connectivity index (χ0) is 14.5. The molecule has 2 heterocycles. The first-order chi connectivity index (χ1) is 9.58. The molecule has 0 bridgehead atoms. The summed E-state index contributed by atoms with van der Waals surface area (Å²) in [5, 5.41) is 10.9. The number of likely N-dealkylation sites (tertiary alicyclic amines) is 2. The van der Waals surface area contributed by atoms with Gasteiger partial charge in [0.2, 0.25) is 5.91 Å². The number of nitrogens with one attached hydrogen (secondary N) is 1. The van der Waals surface area contributed by atoms with Crippen LogP contribution in [0.1, 0.15) is 25.7 Å². The maximum Gasteiger partial charge on any atom is 0.322 e. The molecule has 0 radical (unpaired) electrons. The van der Waals surface area contributed by atoms with Gasteiger partial charge >= 0.3 is 12.0 Å². The molecule has 20 heavy (non-hydrogen) atoms. The van der Waals surface area contributed by atoms with Gasteiger partial charge in [-0.1, -0.05) is 0 Å². The van der Waals surface area contributed by atoms with E-state index in [0.29, 0.717) is 19.5 Å². The smallest absolute Gasteiger partial charge is 0.322 e. The predicted octanol–water partition coefficient (Wildman–Crippen LogP) is 0.115. The molecular formula is C13H21N3O4. The lowest BCUT2D eigenvalue weighted by molar-refractivity contribution is -0.138. The molecule has 1 atom stereocenters. The van der Waals surface area contributed by atoms with Crippen molar-refractivity contribution in [2.45, 2.75) is 25.7 Å². The number of rotatable bonds is 3. The summed E-state index contributed by atoms with van der Waals surface area (Å²) in [5.41, 5.74) is 0. The Morgan fingerprint density at radius 2 is 1.70 bits per heavy atom. The number of hydrogen-bond acceptors (Lipinski definition) is 3. The number of hydrogen-bond donors (Lipinski definition) is 2. The summed E-state index contributed by atoms with van der Waals surface area (Å²) in [4.78, 5) is 38.1. The van der Waals surface area contributed by atoms with E-state index >= 15 is 0 Å². The number of carbonyl (C=O) groups excluding carboxylic acids is 2. The third-order valence-electron chi connectivity index (χ3n) is 3.85. The van der Waals surface area contributed by atoms with Crippen LogP contribution in [0.25, 0.3) is 0 Å². The fourth-order valence-electron chi connectivity index (χ4n) is 2.78. The second-order valence-electron chi connectivity index (χ2n) is 5.37. The van der Waals surface area contributed by atoms with Crippen LogP contribution in [-0.4, -0.2) is 65.5 Å². The van der Waals surface area contributed by atoms with E-state index in [0.717, 1.165) is 32.4 Å². The minimum absolute atomic E-state index is 0.0123. The Balaban J connectivity index is 1.85. The van der Waals surface area contributed by atoms with Crippen LogP contribution in [0.2, 0.25) is 0 Å². The molecule has 7 heteroatoms. The molecule has 2 aliphatic heterocycles. The quantitative estimate of drug-likeness (QED) is 0.769. The van der Waals surface area contributed by atoms with Gasteiger partial charge in [-0.3, -0.25) is 9.59 Å². The van der Waals surface area contributed by atoms with Crippen molar-refractivity contribution in [2.75, 3.05) is 32.7 Å². The predicted molar refractivity (Wildman–Crippen MR) is 71.1 cm³/mol. The van der Waals surface area contributed by atoms with Crippen LogP contribution in [0, 0.1) is 5.92 Å². The Bertz CT molecular complexity index is 393. The van der Waals surface area contributed by atoms with Crippen molar-refractivity contribution in [3.63, 3.8) is 0 Å². The maximum absolute atomic E-state index is 12.3. The molecule has 0 spiro atoms. The van der Waals surface area contributed by atoms with E-state index < -0.39 is 5.97 Å². The average Bonchev–Trinajstić information content (AvgIpc) is 2.98. The topological polar surface area (TPSA) is 90.0 Å². The molecule has 2 rings (SSSR count). The van der Waals surface area contributed by atoms with Gasteiger partial charge in [0.1, 0.15) is 6.54 Å². The van der Waals surface area contributed by atoms with Crippen LogP contribution in [0.15, 0.2) is 0 Å². The lowest BCUT2D eigenvalue weighted by Crippen LogP contribution is -2.50. The van der Waals surface area contributed by atoms with Crippen molar-refractivity contribution in [1.29, 1.82) is 0 Å². The zero-order valence-corrected chi connectivity index (χ0v) is 11.5. The molecule has 0 saturated carbocycles. The van der Waals surface area contributed by atoms with E-state index in [1.807, 2.05) is 4.90 Å². The van der Waals surface area contributed by atoms with Gasteiger partial charge in [0, 0.05) is 26.2 Å². The number of nitrogens with zero attached hydrogens (tertiary/aromatic N) is 2. The zero-order valence-electron chi connectivity index (χ0n) is 11.5. The summed E-state index contributed by atoms with van der Waals surface area (Å²) in [5.74, 6) is -1.62. The summed E-state index contributed by atoms with van der Waals surface area (Å²) in [6, 6.07) is 0.0123. The number of urea groups is 1. The minimum Gasteiger partial charge on any atom is -0.480 e. The van der Waals surface area contributed by atoms with Crippen LogP contribution >= 0.6 is 0 Å². The van der Waals surface area contributed by atoms with Gasteiger partial charge in [-0.15, -0.1) is 0 Å². The first-order valence-electron chi connectivity index (χ1n) is 7.11. The number of amides is 3. The molecule has 0 aromatic carbocycles. The fraction of sp³-hybridized carbons (Fsp3) is 0.769. The Morgan fingerprint density at radius 1 is 1.05 bits per heavy atom. The molecule has 3 amide bonds. The lowest BCUT2D eigenvalue weighted by atomic mass is 9.97. The van der Waals surface area contributed by atoms with Crippen LogP contribution in [-0.2, 0) is 9.59 Å². The Kier molecular flexibility index (Phi) is 4.81. The van der Waals surface area contributed by atoms with Gasteiger partial charge in [-0.25, -0.2) is 4.79 Å². The lowest BCUT2D eigenvalue weighted by Gasteiger charge is -2.34. The number of piperidine rings is 1. The van der Waals surface area contributed by atoms with E-state index in [4.69, 9.17) is 5.11 Å². The van der Waals surface area contributed by atoms with Crippen LogP contribution in [0.3, 0.4) is 0 Å². The molecular weight excluding hydrogens is 262 g/mol. The SMILES string of the molecule is O=C(O)CNC(=O)C1CCCN(C(=O)N2CCCC2)C1. The van der Waals surface area contributed by atoms with Crippen molar-refractivity contribution in [3.8, 4) is 0 Å². The summed E-state index contributed by atoms with van der Waals surface area (Å²) >= 11 is 0. The number of aliphatic carboxylic acids is 1. The van der Waals surface area contributed by atoms with E-state index in [1.54, 1.807) is 4.90 Å². The van der Waals surface area contributed by atoms with Gasteiger partial charge in [-0.05, 0) is 25.7 Å². The van der Waals surface area contributed by atoms with Crippen molar-refractivity contribution in [2.24, 2.45) is 5.92 Å². The van der Waals surface area contributed by atoms with E-state index in [-0.39, 0.29) is 24.4 Å². The van der Waals surface area contributed by atoms with E-state index in [1.165, 1.54) is 0 Å². The molecule has 1 unspecified atom stereocenters. The van der Waals surface area contributed by atoms with Gasteiger partial charge in [-0.2, -0.15) is 0 Å². The summed E-state index contributed by atoms with van der Waals surface area (Å²) in [6.07, 6.45) is 3.57. The van der Waals surface area contributed by atoms with Gasteiger partial charge < -0.3 is 20.2 Å². The number of carbonyl (C=O) groups is 3. The first-order valence-corrected chi connectivity index (χ1v) is 7.11. The second kappa shape index (κ2) is 6.58. The molecule has 112 valence electrons. The highest BCUT2D eigenvalue weighted by molar-refractivity contribution is 5.84. The molecule has 2 saturated heterocycles. The number of carboxylic acid groups (broad SMARTS) is 1. The third-order valence-corrected chi connectivity index (χ3v) is 3.85. The van der Waals surface area contributed by atoms with Gasteiger partial charge in [0.15, 0.2) is 0 Å². The van der Waals surface area contributed by atoms with Crippen molar-refractivity contribution >= 4 is 17.9 Å².